The van der Waals surface area contributed by atoms with Crippen molar-refractivity contribution in [2.45, 2.75) is 45.2 Å². The molecule has 0 bridgehead atoms. The predicted octanol–water partition coefficient (Wildman–Crippen LogP) is 4.18. The normalized spacial score (nSPS) is 17.6. The van der Waals surface area contributed by atoms with Crippen molar-refractivity contribution in [3.05, 3.63) is 33.6 Å². The first kappa shape index (κ1) is 17.5. The Bertz CT molecular complexity index is 545. The van der Waals surface area contributed by atoms with E-state index in [1.807, 2.05) is 18.7 Å². The number of nitrogens with one attached hydrogen (secondary N) is 1. The lowest BCUT2D eigenvalue weighted by Crippen LogP contribution is -2.45. The van der Waals surface area contributed by atoms with Crippen LogP contribution in [0.4, 0.5) is 4.39 Å². The molecular formula is C16H21Cl2FN2O. The molecule has 1 aliphatic rings. The second-order valence-corrected chi connectivity index (χ2v) is 6.44. The summed E-state index contributed by atoms with van der Waals surface area (Å²) < 4.78 is 13.6. The summed E-state index contributed by atoms with van der Waals surface area (Å²) >= 11 is 12.2. The summed E-state index contributed by atoms with van der Waals surface area (Å²) in [4.78, 5) is 13.6. The van der Waals surface area contributed by atoms with Gasteiger partial charge in [0.15, 0.2) is 0 Å². The van der Waals surface area contributed by atoms with E-state index in [0.29, 0.717) is 17.0 Å². The molecule has 6 heteroatoms. The Hall–Kier alpha value is -0.840. The molecule has 1 atom stereocenters. The Kier molecular flexibility index (Phi) is 6.07. The van der Waals surface area contributed by atoms with Crippen molar-refractivity contribution in [3.8, 4) is 0 Å². The van der Waals surface area contributed by atoms with Crippen molar-refractivity contribution in [3.63, 3.8) is 0 Å². The van der Waals surface area contributed by atoms with E-state index in [0.717, 1.165) is 25.9 Å². The molecule has 0 radical (unpaired) electrons. The van der Waals surface area contributed by atoms with Gasteiger partial charge in [-0.3, -0.25) is 4.79 Å². The van der Waals surface area contributed by atoms with E-state index in [-0.39, 0.29) is 23.0 Å². The van der Waals surface area contributed by atoms with Crippen molar-refractivity contribution in [1.82, 2.24) is 10.2 Å². The number of carbonyl (C=O) groups is 1. The van der Waals surface area contributed by atoms with Crippen LogP contribution in [0.3, 0.4) is 0 Å². The number of piperidine rings is 1. The molecule has 122 valence electrons. The zero-order valence-corrected chi connectivity index (χ0v) is 14.3. The lowest BCUT2D eigenvalue weighted by Gasteiger charge is -2.34. The van der Waals surface area contributed by atoms with E-state index in [9.17, 15) is 9.18 Å². The minimum atomic E-state index is -0.460. The van der Waals surface area contributed by atoms with Gasteiger partial charge in [-0.05, 0) is 31.9 Å². The van der Waals surface area contributed by atoms with Crippen LogP contribution in [0, 0.1) is 5.82 Å². The lowest BCUT2D eigenvalue weighted by molar-refractivity contribution is -0.131. The maximum atomic E-state index is 13.6. The van der Waals surface area contributed by atoms with Crippen molar-refractivity contribution >= 4 is 29.1 Å². The minimum absolute atomic E-state index is 0.0751. The number of rotatable bonds is 4. The van der Waals surface area contributed by atoms with Crippen molar-refractivity contribution in [2.75, 3.05) is 13.1 Å². The number of nitrogens with zero attached hydrogens (tertiary/aromatic N) is 1. The number of halogens is 3. The Morgan fingerprint density at radius 3 is 2.64 bits per heavy atom. The zero-order chi connectivity index (χ0) is 16.3. The molecule has 1 saturated heterocycles. The van der Waals surface area contributed by atoms with Gasteiger partial charge in [-0.15, -0.1) is 0 Å². The Labute approximate surface area is 140 Å². The van der Waals surface area contributed by atoms with E-state index in [1.54, 1.807) is 0 Å². The summed E-state index contributed by atoms with van der Waals surface area (Å²) in [6, 6.07) is 2.93. The van der Waals surface area contributed by atoms with Crippen LogP contribution in [-0.4, -0.2) is 29.9 Å². The van der Waals surface area contributed by atoms with Crippen LogP contribution in [0.2, 0.25) is 10.0 Å². The lowest BCUT2D eigenvalue weighted by atomic mass is 10.0. The maximum Gasteiger partial charge on any atom is 0.222 e. The van der Waals surface area contributed by atoms with E-state index >= 15 is 0 Å². The largest absolute Gasteiger partial charge is 0.343 e. The number of carbonyl (C=O) groups excluding carboxylic acids is 1. The molecule has 1 heterocycles. The Morgan fingerprint density at radius 1 is 1.41 bits per heavy atom. The summed E-state index contributed by atoms with van der Waals surface area (Å²) in [7, 11) is 0. The number of hydrogen-bond donors (Lipinski definition) is 1. The van der Waals surface area contributed by atoms with Gasteiger partial charge in [0.25, 0.3) is 0 Å². The van der Waals surface area contributed by atoms with Gasteiger partial charge < -0.3 is 10.2 Å². The van der Waals surface area contributed by atoms with Crippen LogP contribution in [0.25, 0.3) is 0 Å². The van der Waals surface area contributed by atoms with Gasteiger partial charge in [-0.1, -0.05) is 30.1 Å². The monoisotopic (exact) mass is 346 g/mol. The van der Waals surface area contributed by atoms with Gasteiger partial charge in [0.05, 0.1) is 5.02 Å². The van der Waals surface area contributed by atoms with Crippen molar-refractivity contribution < 1.29 is 9.18 Å². The smallest absolute Gasteiger partial charge is 0.222 e. The van der Waals surface area contributed by atoms with Crippen molar-refractivity contribution in [2.24, 2.45) is 0 Å². The predicted molar refractivity (Wildman–Crippen MR) is 87.9 cm³/mol. The highest BCUT2D eigenvalue weighted by molar-refractivity contribution is 6.36. The molecule has 1 N–H and O–H groups in total. The highest BCUT2D eigenvalue weighted by Gasteiger charge is 2.25. The first-order valence-electron chi connectivity index (χ1n) is 7.61. The quantitative estimate of drug-likeness (QED) is 0.829. The molecule has 1 aromatic carbocycles. The number of likely N-dealkylation sites (tertiary alicyclic amines) is 1. The zero-order valence-electron chi connectivity index (χ0n) is 12.8. The van der Waals surface area contributed by atoms with E-state index in [2.05, 4.69) is 5.32 Å². The van der Waals surface area contributed by atoms with Crippen molar-refractivity contribution in [1.29, 1.82) is 0 Å². The van der Waals surface area contributed by atoms with Crippen LogP contribution in [-0.2, 0) is 4.79 Å². The maximum absolute atomic E-state index is 13.6. The Morgan fingerprint density at radius 2 is 2.05 bits per heavy atom. The van der Waals surface area contributed by atoms with Gasteiger partial charge in [-0.25, -0.2) is 4.39 Å². The number of hydrogen-bond acceptors (Lipinski definition) is 2. The van der Waals surface area contributed by atoms with Gasteiger partial charge in [-0.2, -0.15) is 0 Å². The third-order valence-electron chi connectivity index (χ3n) is 4.15. The second-order valence-electron chi connectivity index (χ2n) is 5.65. The molecule has 2 rings (SSSR count). The van der Waals surface area contributed by atoms with Crippen LogP contribution in [0.5, 0.6) is 0 Å². The first-order chi connectivity index (χ1) is 10.4. The summed E-state index contributed by atoms with van der Waals surface area (Å²) in [6.45, 7) is 5.31. The molecule has 0 spiro atoms. The summed E-state index contributed by atoms with van der Waals surface area (Å²) in [5, 5.41) is 3.99. The topological polar surface area (TPSA) is 32.3 Å². The molecule has 0 aliphatic carbocycles. The fourth-order valence-corrected chi connectivity index (χ4v) is 3.59. The molecule has 0 saturated carbocycles. The minimum Gasteiger partial charge on any atom is -0.343 e. The molecule has 1 amide bonds. The molecular weight excluding hydrogens is 326 g/mol. The van der Waals surface area contributed by atoms with E-state index < -0.39 is 5.82 Å². The van der Waals surface area contributed by atoms with Crippen LogP contribution in [0.1, 0.15) is 44.7 Å². The summed E-state index contributed by atoms with van der Waals surface area (Å²) in [6.07, 6.45) is 2.30. The molecule has 0 unspecified atom stereocenters. The molecule has 0 aromatic heterocycles. The SMILES string of the molecule is CCC(=O)N1CCC(N[C@@H](C)c2c(Cl)ccc(F)c2Cl)CC1. The third kappa shape index (κ3) is 3.92. The van der Waals surface area contributed by atoms with Gasteiger partial charge in [0.1, 0.15) is 5.82 Å². The fraction of sp³-hybridized carbons (Fsp3) is 0.562. The fourth-order valence-electron chi connectivity index (χ4n) is 2.90. The number of amides is 1. The third-order valence-corrected chi connectivity index (χ3v) is 4.86. The van der Waals surface area contributed by atoms with Crippen LogP contribution < -0.4 is 5.32 Å². The summed E-state index contributed by atoms with van der Waals surface area (Å²) in [5.41, 5.74) is 0.593. The van der Waals surface area contributed by atoms with Crippen LogP contribution >= 0.6 is 23.2 Å². The number of benzene rings is 1. The molecule has 1 aromatic rings. The molecule has 1 fully saturated rings. The van der Waals surface area contributed by atoms with E-state index in [1.165, 1.54) is 12.1 Å². The van der Waals surface area contributed by atoms with E-state index in [4.69, 9.17) is 23.2 Å². The molecule has 1 aliphatic heterocycles. The molecule has 22 heavy (non-hydrogen) atoms. The molecule has 3 nitrogen and oxygen atoms in total. The van der Waals surface area contributed by atoms with Gasteiger partial charge in [0.2, 0.25) is 5.91 Å². The Balaban J connectivity index is 1.98. The average molecular weight is 347 g/mol. The van der Waals surface area contributed by atoms with Gasteiger partial charge >= 0.3 is 0 Å². The van der Waals surface area contributed by atoms with Gasteiger partial charge in [0, 0.05) is 42.2 Å². The highest BCUT2D eigenvalue weighted by Crippen LogP contribution is 2.33. The summed E-state index contributed by atoms with van der Waals surface area (Å²) in [5.74, 6) is -0.263. The highest BCUT2D eigenvalue weighted by atomic mass is 35.5. The second kappa shape index (κ2) is 7.62. The average Bonchev–Trinajstić information content (AvgIpc) is 2.51. The standard InChI is InChI=1S/C16H21Cl2FN2O/c1-3-14(22)21-8-6-11(7-9-21)20-10(2)15-12(17)4-5-13(19)16(15)18/h4-5,10-11,20H,3,6-9H2,1-2H3/t10-/m0/s1. The first-order valence-corrected chi connectivity index (χ1v) is 8.36. The van der Waals surface area contributed by atoms with Crippen LogP contribution in [0.15, 0.2) is 12.1 Å².